The fraction of sp³-hybridized carbons (Fsp3) is 0.400. The van der Waals surface area contributed by atoms with Crippen molar-refractivity contribution in [2.45, 2.75) is 39.3 Å². The Hall–Kier alpha value is -2.78. The first-order valence-corrected chi connectivity index (χ1v) is 10.4. The molecule has 1 unspecified atom stereocenters. The van der Waals surface area contributed by atoms with Gasteiger partial charge in [-0.1, -0.05) is 37.3 Å². The predicted molar refractivity (Wildman–Crippen MR) is 114 cm³/mol. The highest BCUT2D eigenvalue weighted by molar-refractivity contribution is 7.12. The lowest BCUT2D eigenvalue weighted by atomic mass is 10.1. The molecule has 0 spiro atoms. The Morgan fingerprint density at radius 3 is 2.72 bits per heavy atom. The summed E-state index contributed by atoms with van der Waals surface area (Å²) in [6.45, 7) is 5.29. The van der Waals surface area contributed by atoms with E-state index < -0.39 is 6.09 Å². The number of fused-ring (bicyclic) bond motifs is 1. The summed E-state index contributed by atoms with van der Waals surface area (Å²) < 4.78 is 6.05. The molecular weight excluding hydrogens is 390 g/mol. The molecule has 2 aromatic heterocycles. The summed E-state index contributed by atoms with van der Waals surface area (Å²) in [6.07, 6.45) is 0.367. The minimum absolute atomic E-state index is 0.0760. The molecule has 2 heterocycles. The molecule has 0 aliphatic rings. The second-order valence-electron chi connectivity index (χ2n) is 6.80. The van der Waals surface area contributed by atoms with Gasteiger partial charge in [-0.15, -0.1) is 0 Å². The highest BCUT2D eigenvalue weighted by Gasteiger charge is 2.21. The fourth-order valence-electron chi connectivity index (χ4n) is 3.25. The zero-order valence-electron chi connectivity index (χ0n) is 16.5. The van der Waals surface area contributed by atoms with Crippen LogP contribution in [-0.4, -0.2) is 38.2 Å². The summed E-state index contributed by atoms with van der Waals surface area (Å²) in [6, 6.07) is 9.71. The lowest BCUT2D eigenvalue weighted by molar-refractivity contribution is 0.194. The number of aromatic nitrogens is 3. The standard InChI is InChI=1S/C20H25N5O3S/c1-3-15(21-10-7-11-22-20(27)28)17-23-18-16(13(2)24-29-18)19(26)25(17)12-14-8-5-4-6-9-14/h4-6,8-9,15,21-22H,3,7,10-12H2,1-2H3,(H,27,28). The number of nitrogens with one attached hydrogen (secondary N) is 2. The predicted octanol–water partition coefficient (Wildman–Crippen LogP) is 2.91. The van der Waals surface area contributed by atoms with Crippen LogP contribution in [0.2, 0.25) is 0 Å². The molecule has 8 nitrogen and oxygen atoms in total. The van der Waals surface area contributed by atoms with Crippen LogP contribution < -0.4 is 16.2 Å². The van der Waals surface area contributed by atoms with Gasteiger partial charge in [0.05, 0.1) is 23.7 Å². The number of nitrogens with zero attached hydrogens (tertiary/aromatic N) is 3. The molecule has 0 saturated heterocycles. The Balaban J connectivity index is 1.92. The average Bonchev–Trinajstić information content (AvgIpc) is 3.08. The first kappa shape index (κ1) is 20.9. The van der Waals surface area contributed by atoms with Crippen LogP contribution in [-0.2, 0) is 6.54 Å². The molecule has 1 amide bonds. The zero-order chi connectivity index (χ0) is 20.8. The van der Waals surface area contributed by atoms with Crippen LogP contribution in [0.15, 0.2) is 35.1 Å². The van der Waals surface area contributed by atoms with Crippen molar-refractivity contribution in [1.82, 2.24) is 24.6 Å². The van der Waals surface area contributed by atoms with Gasteiger partial charge < -0.3 is 15.7 Å². The van der Waals surface area contributed by atoms with Crippen LogP contribution >= 0.6 is 11.5 Å². The summed E-state index contributed by atoms with van der Waals surface area (Å²) in [5.74, 6) is 0.684. The lowest BCUT2D eigenvalue weighted by Gasteiger charge is -2.21. The quantitative estimate of drug-likeness (QED) is 0.464. The summed E-state index contributed by atoms with van der Waals surface area (Å²) in [5.41, 5.74) is 1.66. The molecule has 0 radical (unpaired) electrons. The zero-order valence-corrected chi connectivity index (χ0v) is 17.3. The molecule has 0 fully saturated rings. The third-order valence-electron chi connectivity index (χ3n) is 4.72. The minimum atomic E-state index is -1.03. The number of rotatable bonds is 9. The Morgan fingerprint density at radius 2 is 2.03 bits per heavy atom. The minimum Gasteiger partial charge on any atom is -0.465 e. The third-order valence-corrected chi connectivity index (χ3v) is 5.55. The highest BCUT2D eigenvalue weighted by Crippen LogP contribution is 2.22. The number of hydrogen-bond acceptors (Lipinski definition) is 6. The van der Waals surface area contributed by atoms with E-state index in [4.69, 9.17) is 10.1 Å². The number of aryl methyl sites for hydroxylation is 1. The van der Waals surface area contributed by atoms with Gasteiger partial charge in [-0.3, -0.25) is 9.36 Å². The van der Waals surface area contributed by atoms with E-state index in [1.807, 2.05) is 44.2 Å². The first-order valence-electron chi connectivity index (χ1n) is 9.62. The molecule has 29 heavy (non-hydrogen) atoms. The van der Waals surface area contributed by atoms with Gasteiger partial charge in [0.2, 0.25) is 0 Å². The molecule has 1 aromatic carbocycles. The van der Waals surface area contributed by atoms with Crippen LogP contribution in [0.5, 0.6) is 0 Å². The van der Waals surface area contributed by atoms with E-state index in [1.165, 1.54) is 11.5 Å². The van der Waals surface area contributed by atoms with Crippen molar-refractivity contribution in [3.63, 3.8) is 0 Å². The van der Waals surface area contributed by atoms with Crippen molar-refractivity contribution in [2.75, 3.05) is 13.1 Å². The number of amides is 1. The van der Waals surface area contributed by atoms with E-state index in [1.54, 1.807) is 4.57 Å². The lowest BCUT2D eigenvalue weighted by Crippen LogP contribution is -2.33. The van der Waals surface area contributed by atoms with Crippen molar-refractivity contribution < 1.29 is 9.90 Å². The van der Waals surface area contributed by atoms with Gasteiger partial charge in [-0.2, -0.15) is 4.37 Å². The maximum absolute atomic E-state index is 13.3. The molecule has 154 valence electrons. The van der Waals surface area contributed by atoms with Gasteiger partial charge in [-0.25, -0.2) is 9.78 Å². The second-order valence-corrected chi connectivity index (χ2v) is 7.55. The largest absolute Gasteiger partial charge is 0.465 e. The van der Waals surface area contributed by atoms with E-state index in [0.717, 1.165) is 12.0 Å². The first-order chi connectivity index (χ1) is 14.0. The van der Waals surface area contributed by atoms with Crippen LogP contribution in [0, 0.1) is 6.92 Å². The van der Waals surface area contributed by atoms with Crippen molar-refractivity contribution in [1.29, 1.82) is 0 Å². The smallest absolute Gasteiger partial charge is 0.404 e. The summed E-state index contributed by atoms with van der Waals surface area (Å²) in [5, 5.41) is 15.0. The Labute approximate surface area is 172 Å². The van der Waals surface area contributed by atoms with Crippen molar-refractivity contribution in [3.05, 3.63) is 57.8 Å². The van der Waals surface area contributed by atoms with Crippen molar-refractivity contribution in [2.24, 2.45) is 0 Å². The molecule has 3 rings (SSSR count). The molecule has 0 aliphatic heterocycles. The molecule has 0 saturated carbocycles. The molecule has 1 atom stereocenters. The molecule has 0 aliphatic carbocycles. The number of benzene rings is 1. The molecule has 0 bridgehead atoms. The second kappa shape index (κ2) is 9.62. The van der Waals surface area contributed by atoms with Crippen molar-refractivity contribution in [3.8, 4) is 0 Å². The van der Waals surface area contributed by atoms with E-state index in [2.05, 4.69) is 15.0 Å². The number of hydrogen-bond donors (Lipinski definition) is 3. The monoisotopic (exact) mass is 415 g/mol. The Bertz CT molecular complexity index is 1030. The van der Waals surface area contributed by atoms with Crippen LogP contribution in [0.3, 0.4) is 0 Å². The number of carbonyl (C=O) groups is 1. The molecule has 3 N–H and O–H groups in total. The average molecular weight is 416 g/mol. The normalized spacial score (nSPS) is 12.2. The Morgan fingerprint density at radius 1 is 1.28 bits per heavy atom. The highest BCUT2D eigenvalue weighted by atomic mass is 32.1. The molecule has 3 aromatic rings. The van der Waals surface area contributed by atoms with Gasteiger partial charge in [0.25, 0.3) is 5.56 Å². The van der Waals surface area contributed by atoms with Crippen molar-refractivity contribution >= 4 is 27.8 Å². The van der Waals surface area contributed by atoms with Gasteiger partial charge in [0, 0.05) is 6.54 Å². The maximum atomic E-state index is 13.3. The van der Waals surface area contributed by atoms with E-state index >= 15 is 0 Å². The van der Waals surface area contributed by atoms with Gasteiger partial charge in [-0.05, 0) is 43.4 Å². The summed E-state index contributed by atoms with van der Waals surface area (Å²) in [4.78, 5) is 29.3. The fourth-order valence-corrected chi connectivity index (χ4v) is 4.02. The van der Waals surface area contributed by atoms with Crippen LogP contribution in [0.1, 0.15) is 42.9 Å². The third kappa shape index (κ3) is 4.99. The van der Waals surface area contributed by atoms with E-state index in [9.17, 15) is 9.59 Å². The molecular formula is C20H25N5O3S. The molecule has 9 heteroatoms. The Kier molecular flexibility index (Phi) is 6.95. The van der Waals surface area contributed by atoms with Crippen LogP contribution in [0.25, 0.3) is 10.2 Å². The van der Waals surface area contributed by atoms with Crippen LogP contribution in [0.4, 0.5) is 4.79 Å². The maximum Gasteiger partial charge on any atom is 0.404 e. The summed E-state index contributed by atoms with van der Waals surface area (Å²) >= 11 is 1.24. The number of carboxylic acid groups (broad SMARTS) is 1. The van der Waals surface area contributed by atoms with E-state index in [-0.39, 0.29) is 11.6 Å². The van der Waals surface area contributed by atoms with Gasteiger partial charge in [0.1, 0.15) is 5.82 Å². The summed E-state index contributed by atoms with van der Waals surface area (Å²) in [7, 11) is 0. The van der Waals surface area contributed by atoms with E-state index in [0.29, 0.717) is 47.8 Å². The van der Waals surface area contributed by atoms with Gasteiger partial charge >= 0.3 is 6.09 Å². The topological polar surface area (TPSA) is 109 Å². The SMILES string of the molecule is CCC(NCCCNC(=O)O)c1nc2snc(C)c2c(=O)n1Cc1ccccc1. The van der Waals surface area contributed by atoms with Gasteiger partial charge in [0.15, 0.2) is 4.83 Å².